The summed E-state index contributed by atoms with van der Waals surface area (Å²) in [7, 11) is 0. The predicted octanol–water partition coefficient (Wildman–Crippen LogP) is 2.53. The molecule has 2 saturated carbocycles. The SMILES string of the molecule is O=C(NOC1CCCC1)OC1CCCC1. The van der Waals surface area contributed by atoms with Crippen LogP contribution in [0, 0.1) is 0 Å². The quantitative estimate of drug-likeness (QED) is 0.733. The number of hydrogen-bond acceptors (Lipinski definition) is 3. The number of ether oxygens (including phenoxy) is 1. The van der Waals surface area contributed by atoms with E-state index in [1.807, 2.05) is 0 Å². The summed E-state index contributed by atoms with van der Waals surface area (Å²) in [6, 6.07) is 0. The molecule has 86 valence electrons. The summed E-state index contributed by atoms with van der Waals surface area (Å²) in [4.78, 5) is 16.5. The maximum atomic E-state index is 11.3. The maximum Gasteiger partial charge on any atom is 0.431 e. The van der Waals surface area contributed by atoms with Crippen LogP contribution in [-0.2, 0) is 9.57 Å². The van der Waals surface area contributed by atoms with Crippen molar-refractivity contribution in [2.45, 2.75) is 63.6 Å². The molecule has 4 nitrogen and oxygen atoms in total. The topological polar surface area (TPSA) is 47.6 Å². The van der Waals surface area contributed by atoms with E-state index in [0.29, 0.717) is 0 Å². The molecule has 2 aliphatic carbocycles. The van der Waals surface area contributed by atoms with Gasteiger partial charge in [-0.3, -0.25) is 4.84 Å². The molecule has 1 amide bonds. The van der Waals surface area contributed by atoms with E-state index < -0.39 is 6.09 Å². The average molecular weight is 213 g/mol. The molecular formula is C11H19NO3. The molecule has 15 heavy (non-hydrogen) atoms. The molecule has 2 rings (SSSR count). The van der Waals surface area contributed by atoms with Gasteiger partial charge >= 0.3 is 6.09 Å². The Morgan fingerprint density at radius 1 is 0.933 bits per heavy atom. The average Bonchev–Trinajstić information content (AvgIpc) is 2.86. The Bertz CT molecular complexity index is 208. The Hall–Kier alpha value is -0.770. The summed E-state index contributed by atoms with van der Waals surface area (Å²) in [5.41, 5.74) is 2.39. The highest BCUT2D eigenvalue weighted by molar-refractivity contribution is 5.66. The zero-order valence-electron chi connectivity index (χ0n) is 9.04. The van der Waals surface area contributed by atoms with Gasteiger partial charge in [-0.1, -0.05) is 12.8 Å². The van der Waals surface area contributed by atoms with Gasteiger partial charge in [-0.05, 0) is 38.5 Å². The van der Waals surface area contributed by atoms with Gasteiger partial charge in [0.25, 0.3) is 0 Å². The van der Waals surface area contributed by atoms with Crippen LogP contribution in [-0.4, -0.2) is 18.3 Å². The van der Waals surface area contributed by atoms with Crippen molar-refractivity contribution in [3.05, 3.63) is 0 Å². The first-order valence-corrected chi connectivity index (χ1v) is 5.97. The van der Waals surface area contributed by atoms with Crippen molar-refractivity contribution in [3.8, 4) is 0 Å². The Morgan fingerprint density at radius 3 is 2.07 bits per heavy atom. The first-order chi connectivity index (χ1) is 7.34. The lowest BCUT2D eigenvalue weighted by Gasteiger charge is -2.14. The van der Waals surface area contributed by atoms with Crippen LogP contribution < -0.4 is 5.48 Å². The monoisotopic (exact) mass is 213 g/mol. The van der Waals surface area contributed by atoms with Crippen molar-refractivity contribution >= 4 is 6.09 Å². The van der Waals surface area contributed by atoms with E-state index in [4.69, 9.17) is 9.57 Å². The largest absolute Gasteiger partial charge is 0.445 e. The van der Waals surface area contributed by atoms with Crippen LogP contribution in [0.25, 0.3) is 0 Å². The molecule has 1 N–H and O–H groups in total. The van der Waals surface area contributed by atoms with E-state index in [2.05, 4.69) is 5.48 Å². The molecule has 0 aromatic carbocycles. The summed E-state index contributed by atoms with van der Waals surface area (Å²) in [5.74, 6) is 0. The summed E-state index contributed by atoms with van der Waals surface area (Å²) >= 11 is 0. The smallest absolute Gasteiger partial charge is 0.431 e. The maximum absolute atomic E-state index is 11.3. The standard InChI is InChI=1S/C11H19NO3/c13-11(14-9-5-1-2-6-9)12-15-10-7-3-4-8-10/h9-10H,1-8H2,(H,12,13). The molecule has 0 bridgehead atoms. The van der Waals surface area contributed by atoms with Crippen molar-refractivity contribution < 1.29 is 14.4 Å². The van der Waals surface area contributed by atoms with E-state index in [1.54, 1.807) is 0 Å². The second kappa shape index (κ2) is 5.35. The van der Waals surface area contributed by atoms with E-state index >= 15 is 0 Å². The first kappa shape index (κ1) is 10.7. The van der Waals surface area contributed by atoms with Gasteiger partial charge in [0.15, 0.2) is 0 Å². The van der Waals surface area contributed by atoms with Crippen molar-refractivity contribution in [2.24, 2.45) is 0 Å². The molecule has 0 aromatic rings. The number of carbonyl (C=O) groups is 1. The van der Waals surface area contributed by atoms with Crippen molar-refractivity contribution in [1.29, 1.82) is 0 Å². The van der Waals surface area contributed by atoms with E-state index in [-0.39, 0.29) is 12.2 Å². The van der Waals surface area contributed by atoms with Gasteiger partial charge in [-0.25, -0.2) is 4.79 Å². The van der Waals surface area contributed by atoms with Gasteiger partial charge in [-0.15, -0.1) is 0 Å². The second-order valence-electron chi connectivity index (χ2n) is 4.44. The van der Waals surface area contributed by atoms with Crippen LogP contribution in [0.1, 0.15) is 51.4 Å². The van der Waals surface area contributed by atoms with E-state index in [1.165, 1.54) is 25.7 Å². The lowest BCUT2D eigenvalue weighted by atomic mass is 10.3. The fourth-order valence-corrected chi connectivity index (χ4v) is 2.32. The Balaban J connectivity index is 1.59. The van der Waals surface area contributed by atoms with Crippen LogP contribution in [0.4, 0.5) is 4.79 Å². The normalized spacial score (nSPS) is 23.2. The fourth-order valence-electron chi connectivity index (χ4n) is 2.32. The third-order valence-electron chi connectivity index (χ3n) is 3.19. The highest BCUT2D eigenvalue weighted by Crippen LogP contribution is 2.22. The molecule has 0 atom stereocenters. The van der Waals surface area contributed by atoms with E-state index in [9.17, 15) is 4.79 Å². The number of rotatable bonds is 3. The first-order valence-electron chi connectivity index (χ1n) is 5.97. The highest BCUT2D eigenvalue weighted by Gasteiger charge is 2.21. The molecule has 0 heterocycles. The van der Waals surface area contributed by atoms with Gasteiger partial charge in [0.2, 0.25) is 0 Å². The van der Waals surface area contributed by atoms with Crippen LogP contribution in [0.15, 0.2) is 0 Å². The van der Waals surface area contributed by atoms with Gasteiger partial charge in [0.05, 0.1) is 6.10 Å². The minimum atomic E-state index is -0.422. The second-order valence-corrected chi connectivity index (χ2v) is 4.44. The Kier molecular flexibility index (Phi) is 3.83. The van der Waals surface area contributed by atoms with Crippen LogP contribution >= 0.6 is 0 Å². The van der Waals surface area contributed by atoms with Crippen LogP contribution in [0.3, 0.4) is 0 Å². The molecule has 0 radical (unpaired) electrons. The molecule has 0 aromatic heterocycles. The lowest BCUT2D eigenvalue weighted by Crippen LogP contribution is -2.31. The number of hydrogen-bond donors (Lipinski definition) is 1. The zero-order chi connectivity index (χ0) is 10.5. The zero-order valence-corrected chi connectivity index (χ0v) is 9.04. The molecule has 0 unspecified atom stereocenters. The molecule has 0 spiro atoms. The molecule has 0 aliphatic heterocycles. The molecular weight excluding hydrogens is 194 g/mol. The van der Waals surface area contributed by atoms with E-state index in [0.717, 1.165) is 25.7 Å². The predicted molar refractivity (Wildman–Crippen MR) is 55.2 cm³/mol. The Labute approximate surface area is 90.3 Å². The van der Waals surface area contributed by atoms with Gasteiger partial charge in [-0.2, -0.15) is 5.48 Å². The third kappa shape index (κ3) is 3.38. The summed E-state index contributed by atoms with van der Waals surface area (Å²) in [6.07, 6.45) is 8.70. The van der Waals surface area contributed by atoms with Crippen molar-refractivity contribution in [1.82, 2.24) is 5.48 Å². The van der Waals surface area contributed by atoms with Crippen LogP contribution in [0.5, 0.6) is 0 Å². The number of hydroxylamine groups is 1. The summed E-state index contributed by atoms with van der Waals surface area (Å²) in [6.45, 7) is 0. The number of nitrogens with one attached hydrogen (secondary N) is 1. The van der Waals surface area contributed by atoms with Crippen LogP contribution in [0.2, 0.25) is 0 Å². The van der Waals surface area contributed by atoms with Crippen molar-refractivity contribution in [3.63, 3.8) is 0 Å². The van der Waals surface area contributed by atoms with Gasteiger partial charge in [0, 0.05) is 0 Å². The van der Waals surface area contributed by atoms with Crippen molar-refractivity contribution in [2.75, 3.05) is 0 Å². The highest BCUT2D eigenvalue weighted by atomic mass is 16.7. The Morgan fingerprint density at radius 2 is 1.47 bits per heavy atom. The molecule has 2 fully saturated rings. The number of amides is 1. The van der Waals surface area contributed by atoms with Gasteiger partial charge < -0.3 is 4.74 Å². The third-order valence-corrected chi connectivity index (χ3v) is 3.19. The minimum absolute atomic E-state index is 0.108. The minimum Gasteiger partial charge on any atom is -0.445 e. The number of carbonyl (C=O) groups excluding carboxylic acids is 1. The van der Waals surface area contributed by atoms with Gasteiger partial charge in [0.1, 0.15) is 6.10 Å². The molecule has 0 saturated heterocycles. The lowest BCUT2D eigenvalue weighted by molar-refractivity contribution is -0.0278. The molecule has 2 aliphatic rings. The molecule has 4 heteroatoms. The fraction of sp³-hybridized carbons (Fsp3) is 0.909. The summed E-state index contributed by atoms with van der Waals surface area (Å²) < 4.78 is 5.20. The summed E-state index contributed by atoms with van der Waals surface area (Å²) in [5, 5.41) is 0.